The average Bonchev–Trinajstić information content (AvgIpc) is 2.75. The number of aryl methyl sites for hydroxylation is 2. The first-order valence-electron chi connectivity index (χ1n) is 10.4. The molecular formula is C26H38N2OS. The molecule has 0 bridgehead atoms. The van der Waals surface area contributed by atoms with Crippen LogP contribution in [0.2, 0.25) is 0 Å². The Kier molecular flexibility index (Phi) is 10.6. The number of amides is 1. The topological polar surface area (TPSA) is 55.1 Å². The van der Waals surface area contributed by atoms with E-state index in [1.807, 2.05) is 27.8 Å². The van der Waals surface area contributed by atoms with E-state index in [2.05, 4.69) is 81.2 Å². The van der Waals surface area contributed by atoms with Gasteiger partial charge in [0.25, 0.3) is 0 Å². The third-order valence-electron chi connectivity index (χ3n) is 4.83. The Morgan fingerprint density at radius 1 is 1.00 bits per heavy atom. The monoisotopic (exact) mass is 426 g/mol. The van der Waals surface area contributed by atoms with Crippen molar-refractivity contribution in [2.75, 3.05) is 7.05 Å². The van der Waals surface area contributed by atoms with Gasteiger partial charge in [0.2, 0.25) is 5.91 Å². The maximum atomic E-state index is 11.6. The van der Waals surface area contributed by atoms with E-state index < -0.39 is 0 Å². The summed E-state index contributed by atoms with van der Waals surface area (Å²) in [7, 11) is 1.90. The third-order valence-corrected chi connectivity index (χ3v) is 6.33. The van der Waals surface area contributed by atoms with Crippen LogP contribution in [0.1, 0.15) is 51.4 Å². The van der Waals surface area contributed by atoms with Crippen molar-refractivity contribution in [2.24, 2.45) is 5.73 Å². The number of hydrogen-bond donors (Lipinski definition) is 2. The zero-order chi connectivity index (χ0) is 22.8. The van der Waals surface area contributed by atoms with Gasteiger partial charge in [-0.05, 0) is 62.6 Å². The number of carbonyl (C=O) groups excluding carboxylic acids is 1. The van der Waals surface area contributed by atoms with Crippen LogP contribution in [0.5, 0.6) is 0 Å². The Bertz CT molecular complexity index is 873. The second-order valence-corrected chi connectivity index (χ2v) is 8.57. The van der Waals surface area contributed by atoms with Crippen molar-refractivity contribution in [2.45, 2.75) is 52.2 Å². The van der Waals surface area contributed by atoms with E-state index >= 15 is 0 Å². The lowest BCUT2D eigenvalue weighted by molar-refractivity contribution is -0.117. The van der Waals surface area contributed by atoms with Crippen LogP contribution in [0.25, 0.3) is 11.1 Å². The van der Waals surface area contributed by atoms with Crippen LogP contribution in [0.15, 0.2) is 60.7 Å². The predicted molar refractivity (Wildman–Crippen MR) is 137 cm³/mol. The number of hydrogen-bond acceptors (Lipinski definition) is 3. The molecule has 1 amide bonds. The van der Waals surface area contributed by atoms with Crippen molar-refractivity contribution < 1.29 is 6.22 Å². The summed E-state index contributed by atoms with van der Waals surface area (Å²) < 4.78 is 0. The second-order valence-electron chi connectivity index (χ2n) is 7.12. The lowest BCUT2D eigenvalue weighted by Gasteiger charge is -2.24. The van der Waals surface area contributed by atoms with Gasteiger partial charge in [-0.3, -0.25) is 4.79 Å². The van der Waals surface area contributed by atoms with Gasteiger partial charge in [-0.15, -0.1) is 11.8 Å². The third kappa shape index (κ3) is 6.89. The molecule has 164 valence electrons. The second kappa shape index (κ2) is 12.4. The summed E-state index contributed by atoms with van der Waals surface area (Å²) in [5, 5.41) is 2.97. The molecule has 2 atom stereocenters. The minimum atomic E-state index is -0.313. The highest BCUT2D eigenvalue weighted by atomic mass is 32.2. The van der Waals surface area contributed by atoms with Crippen LogP contribution in [-0.2, 0) is 4.79 Å². The Balaban J connectivity index is 0.00000291. The number of nitrogens with two attached hydrogens (primary N) is 1. The van der Waals surface area contributed by atoms with Crippen LogP contribution in [-0.4, -0.2) is 23.6 Å². The minimum Gasteiger partial charge on any atom is -0.369 e. The highest BCUT2D eigenvalue weighted by molar-refractivity contribution is 8.01. The molecule has 3 N–H and O–H groups in total. The number of likely N-dealkylation sites (N-methyl/N-ethyl adjacent to an activating group) is 1. The highest BCUT2D eigenvalue weighted by Crippen LogP contribution is 2.36. The number of rotatable bonds is 8. The van der Waals surface area contributed by atoms with Gasteiger partial charge in [0.15, 0.2) is 0 Å². The SMILES string of the molecule is C=C(/C(=C(/C)C(NC)SC(C)C(N)=O)c1ccc(C)cc1)c1ccc(C)cc1.CC.[HH]. The van der Waals surface area contributed by atoms with Gasteiger partial charge in [-0.1, -0.05) is 80.1 Å². The molecule has 4 heteroatoms. The van der Waals surface area contributed by atoms with Gasteiger partial charge in [-0.25, -0.2) is 0 Å². The lowest BCUT2D eigenvalue weighted by Crippen LogP contribution is -2.31. The summed E-state index contributed by atoms with van der Waals surface area (Å²) in [5.74, 6) is -0.313. The van der Waals surface area contributed by atoms with E-state index in [9.17, 15) is 4.79 Å². The largest absolute Gasteiger partial charge is 0.369 e. The molecule has 0 heterocycles. The molecule has 0 saturated carbocycles. The first-order valence-corrected chi connectivity index (χ1v) is 11.3. The highest BCUT2D eigenvalue weighted by Gasteiger charge is 2.22. The number of allylic oxidation sites excluding steroid dienone is 2. The van der Waals surface area contributed by atoms with Crippen molar-refractivity contribution in [3.63, 3.8) is 0 Å². The van der Waals surface area contributed by atoms with Gasteiger partial charge < -0.3 is 11.1 Å². The van der Waals surface area contributed by atoms with Crippen LogP contribution in [0.4, 0.5) is 0 Å². The summed E-state index contributed by atoms with van der Waals surface area (Å²) in [6, 6.07) is 16.9. The molecule has 0 spiro atoms. The molecule has 2 unspecified atom stereocenters. The van der Waals surface area contributed by atoms with Crippen LogP contribution >= 0.6 is 11.8 Å². The smallest absolute Gasteiger partial charge is 0.230 e. The van der Waals surface area contributed by atoms with Crippen molar-refractivity contribution in [3.05, 3.63) is 82.9 Å². The Hall–Kier alpha value is -2.30. The molecule has 0 aromatic heterocycles. The molecular weight excluding hydrogens is 388 g/mol. The fourth-order valence-electron chi connectivity index (χ4n) is 3.05. The van der Waals surface area contributed by atoms with E-state index in [1.54, 1.807) is 0 Å². The van der Waals surface area contributed by atoms with Crippen LogP contribution < -0.4 is 11.1 Å². The Morgan fingerprint density at radius 3 is 1.83 bits per heavy atom. The fraction of sp³-hybridized carbons (Fsp3) is 0.346. The molecule has 0 aliphatic carbocycles. The van der Waals surface area contributed by atoms with E-state index in [0.29, 0.717) is 0 Å². The van der Waals surface area contributed by atoms with Gasteiger partial charge in [0, 0.05) is 1.43 Å². The number of thioether (sulfide) groups is 1. The first kappa shape index (κ1) is 25.7. The van der Waals surface area contributed by atoms with E-state index in [1.165, 1.54) is 22.9 Å². The van der Waals surface area contributed by atoms with Gasteiger partial charge in [0.1, 0.15) is 0 Å². The molecule has 0 radical (unpaired) electrons. The number of benzene rings is 2. The summed E-state index contributed by atoms with van der Waals surface area (Å²) in [4.78, 5) is 11.6. The van der Waals surface area contributed by atoms with Crippen molar-refractivity contribution >= 4 is 28.8 Å². The lowest BCUT2D eigenvalue weighted by atomic mass is 9.89. The number of nitrogens with one attached hydrogen (secondary N) is 1. The zero-order valence-electron chi connectivity index (χ0n) is 19.4. The maximum absolute atomic E-state index is 11.6. The molecule has 0 saturated heterocycles. The molecule has 0 fully saturated rings. The first-order chi connectivity index (χ1) is 14.2. The average molecular weight is 427 g/mol. The Morgan fingerprint density at radius 2 is 1.43 bits per heavy atom. The van der Waals surface area contributed by atoms with Gasteiger partial charge >= 0.3 is 0 Å². The van der Waals surface area contributed by atoms with Crippen LogP contribution in [0.3, 0.4) is 0 Å². The van der Waals surface area contributed by atoms with Crippen molar-refractivity contribution in [1.29, 1.82) is 0 Å². The normalized spacial score (nSPS) is 13.4. The maximum Gasteiger partial charge on any atom is 0.230 e. The van der Waals surface area contributed by atoms with Crippen molar-refractivity contribution in [1.82, 2.24) is 5.32 Å². The van der Waals surface area contributed by atoms with E-state index in [4.69, 9.17) is 5.73 Å². The van der Waals surface area contributed by atoms with E-state index in [0.717, 1.165) is 27.8 Å². The molecule has 3 nitrogen and oxygen atoms in total. The summed E-state index contributed by atoms with van der Waals surface area (Å²) in [5.41, 5.74) is 13.3. The van der Waals surface area contributed by atoms with E-state index in [-0.39, 0.29) is 18.0 Å². The minimum absolute atomic E-state index is 0. The quantitative estimate of drug-likeness (QED) is 0.389. The summed E-state index contributed by atoms with van der Waals surface area (Å²) in [6.07, 6.45) is 0. The standard InChI is InChI=1S/C24H30N2OS.C2H6.H2/c1-15-7-11-20(12-8-15)17(3)22(21-13-9-16(2)10-14-21)18(4)24(26-6)28-19(5)23(25)27;1-2;/h7-14,19,24,26H,3H2,1-2,4-6H3,(H2,25,27);1-2H3;1H/b22-18+;;. The van der Waals surface area contributed by atoms with Crippen LogP contribution in [0, 0.1) is 13.8 Å². The van der Waals surface area contributed by atoms with Gasteiger partial charge in [0.05, 0.1) is 10.6 Å². The number of primary amides is 1. The zero-order valence-corrected chi connectivity index (χ0v) is 20.2. The molecule has 2 aromatic carbocycles. The molecule has 0 aliphatic heterocycles. The summed E-state index contributed by atoms with van der Waals surface area (Å²) in [6.45, 7) is 16.5. The fourth-order valence-corrected chi connectivity index (χ4v) is 4.05. The van der Waals surface area contributed by atoms with Gasteiger partial charge in [-0.2, -0.15) is 0 Å². The molecule has 2 aromatic rings. The molecule has 30 heavy (non-hydrogen) atoms. The Labute approximate surface area is 188 Å². The summed E-state index contributed by atoms with van der Waals surface area (Å²) >= 11 is 1.52. The number of carbonyl (C=O) groups is 1. The van der Waals surface area contributed by atoms with Crippen molar-refractivity contribution in [3.8, 4) is 0 Å². The molecule has 0 aliphatic rings. The predicted octanol–water partition coefficient (Wildman–Crippen LogP) is 6.22. The molecule has 2 rings (SSSR count).